The van der Waals surface area contributed by atoms with E-state index in [4.69, 9.17) is 10.2 Å². The molecule has 0 unspecified atom stereocenters. The Morgan fingerprint density at radius 2 is 1.96 bits per heavy atom. The molecule has 1 amide bonds. The van der Waals surface area contributed by atoms with E-state index in [1.807, 2.05) is 36.4 Å². The number of nitrogens with two attached hydrogens (primary N) is 1. The lowest BCUT2D eigenvalue weighted by Crippen LogP contribution is -2.44. The van der Waals surface area contributed by atoms with Gasteiger partial charge in [-0.25, -0.2) is 9.97 Å². The van der Waals surface area contributed by atoms with Crippen LogP contribution in [0.1, 0.15) is 29.0 Å². The third-order valence-electron chi connectivity index (χ3n) is 5.00. The number of aromatic nitrogens is 2. The fourth-order valence-corrected chi connectivity index (χ4v) is 3.45. The smallest absolute Gasteiger partial charge is 0.251 e. The summed E-state index contributed by atoms with van der Waals surface area (Å²) >= 11 is 0. The summed E-state index contributed by atoms with van der Waals surface area (Å²) in [7, 11) is 0. The maximum Gasteiger partial charge on any atom is 0.251 e. The molecule has 1 aliphatic heterocycles. The molecule has 0 atom stereocenters. The zero-order valence-corrected chi connectivity index (χ0v) is 15.5. The number of anilines is 1. The van der Waals surface area contributed by atoms with Gasteiger partial charge < -0.3 is 15.5 Å². The summed E-state index contributed by atoms with van der Waals surface area (Å²) in [6.45, 7) is 2.71. The molecule has 3 N–H and O–H groups in total. The Kier molecular flexibility index (Phi) is 5.34. The predicted octanol–water partition coefficient (Wildman–Crippen LogP) is 2.71. The maximum absolute atomic E-state index is 12.6. The van der Waals surface area contributed by atoms with Gasteiger partial charge in [0.2, 0.25) is 5.95 Å². The van der Waals surface area contributed by atoms with Crippen molar-refractivity contribution < 1.29 is 9.21 Å². The number of amides is 1. The number of carbonyl (C=O) groups is 1. The van der Waals surface area contributed by atoms with Crippen LogP contribution in [0.4, 0.5) is 5.95 Å². The number of piperidine rings is 1. The minimum atomic E-state index is -0.0433. The van der Waals surface area contributed by atoms with Crippen molar-refractivity contribution in [2.24, 2.45) is 0 Å². The van der Waals surface area contributed by atoms with Gasteiger partial charge in [0.25, 0.3) is 5.91 Å². The van der Waals surface area contributed by atoms with Crippen molar-refractivity contribution in [1.82, 2.24) is 20.2 Å². The van der Waals surface area contributed by atoms with Gasteiger partial charge in [-0.1, -0.05) is 12.1 Å². The van der Waals surface area contributed by atoms with Crippen LogP contribution in [0.25, 0.3) is 11.3 Å². The number of nitrogens with zero attached hydrogens (tertiary/aromatic N) is 3. The van der Waals surface area contributed by atoms with Crippen molar-refractivity contribution in [3.63, 3.8) is 0 Å². The zero-order chi connectivity index (χ0) is 19.3. The molecular weight excluding hydrogens is 354 g/mol. The van der Waals surface area contributed by atoms with Crippen LogP contribution in [0.2, 0.25) is 0 Å². The standard InChI is InChI=1S/C21H23N5O2/c22-21-23-10-7-19(25-21)15-3-5-16(6-4-15)20(27)24-17-8-11-26(12-9-17)14-18-2-1-13-28-18/h1-7,10,13,17H,8-9,11-12,14H2,(H,24,27)(H2,22,23,25). The van der Waals surface area contributed by atoms with Crippen molar-refractivity contribution in [2.45, 2.75) is 25.4 Å². The number of nitrogen functional groups attached to an aromatic ring is 1. The Morgan fingerprint density at radius 1 is 1.18 bits per heavy atom. The molecule has 7 heteroatoms. The van der Waals surface area contributed by atoms with E-state index in [2.05, 4.69) is 20.2 Å². The highest BCUT2D eigenvalue weighted by Crippen LogP contribution is 2.19. The van der Waals surface area contributed by atoms with Crippen molar-refractivity contribution in [2.75, 3.05) is 18.8 Å². The molecule has 7 nitrogen and oxygen atoms in total. The maximum atomic E-state index is 12.6. The molecule has 0 bridgehead atoms. The van der Waals surface area contributed by atoms with Crippen LogP contribution in [0.3, 0.4) is 0 Å². The third-order valence-corrected chi connectivity index (χ3v) is 5.00. The Bertz CT molecular complexity index is 916. The predicted molar refractivity (Wildman–Crippen MR) is 106 cm³/mol. The van der Waals surface area contributed by atoms with Crippen LogP contribution in [-0.2, 0) is 6.54 Å². The second-order valence-electron chi connectivity index (χ2n) is 6.98. The molecule has 144 valence electrons. The van der Waals surface area contributed by atoms with Gasteiger partial charge in [0.1, 0.15) is 5.76 Å². The normalized spacial score (nSPS) is 15.4. The SMILES string of the molecule is Nc1nccc(-c2ccc(C(=O)NC3CCN(Cc4ccco4)CC3)cc2)n1. The van der Waals surface area contributed by atoms with E-state index < -0.39 is 0 Å². The van der Waals surface area contributed by atoms with Gasteiger partial charge in [0.15, 0.2) is 0 Å². The molecule has 3 aromatic rings. The highest BCUT2D eigenvalue weighted by molar-refractivity contribution is 5.94. The van der Waals surface area contributed by atoms with Crippen LogP contribution < -0.4 is 11.1 Å². The lowest BCUT2D eigenvalue weighted by Gasteiger charge is -2.31. The summed E-state index contributed by atoms with van der Waals surface area (Å²) in [5.74, 6) is 1.17. The molecule has 0 radical (unpaired) electrons. The van der Waals surface area contributed by atoms with Crippen molar-refractivity contribution in [1.29, 1.82) is 0 Å². The van der Waals surface area contributed by atoms with Gasteiger partial charge in [-0.15, -0.1) is 0 Å². The molecule has 0 saturated carbocycles. The van der Waals surface area contributed by atoms with E-state index in [1.165, 1.54) is 0 Å². The summed E-state index contributed by atoms with van der Waals surface area (Å²) in [5.41, 5.74) is 7.91. The van der Waals surface area contributed by atoms with E-state index in [9.17, 15) is 4.79 Å². The fourth-order valence-electron chi connectivity index (χ4n) is 3.45. The van der Waals surface area contributed by atoms with Gasteiger partial charge in [-0.05, 0) is 43.2 Å². The van der Waals surface area contributed by atoms with Gasteiger partial charge in [0, 0.05) is 36.5 Å². The molecule has 1 aromatic carbocycles. The summed E-state index contributed by atoms with van der Waals surface area (Å²) in [4.78, 5) is 23.0. The molecule has 2 aromatic heterocycles. The first kappa shape index (κ1) is 18.2. The van der Waals surface area contributed by atoms with Crippen LogP contribution in [0, 0.1) is 0 Å². The Morgan fingerprint density at radius 3 is 2.64 bits per heavy atom. The summed E-state index contributed by atoms with van der Waals surface area (Å²) in [6.07, 6.45) is 5.19. The second kappa shape index (κ2) is 8.22. The third kappa shape index (κ3) is 4.37. The average Bonchev–Trinajstić information content (AvgIpc) is 3.23. The largest absolute Gasteiger partial charge is 0.468 e. The van der Waals surface area contributed by atoms with Crippen LogP contribution >= 0.6 is 0 Å². The molecule has 0 spiro atoms. The zero-order valence-electron chi connectivity index (χ0n) is 15.5. The van der Waals surface area contributed by atoms with E-state index in [1.54, 1.807) is 18.5 Å². The second-order valence-corrected chi connectivity index (χ2v) is 6.98. The van der Waals surface area contributed by atoms with E-state index in [-0.39, 0.29) is 17.9 Å². The molecule has 4 rings (SSSR count). The lowest BCUT2D eigenvalue weighted by molar-refractivity contribution is 0.0906. The first-order chi connectivity index (χ1) is 13.7. The minimum absolute atomic E-state index is 0.0433. The number of rotatable bonds is 5. The van der Waals surface area contributed by atoms with Gasteiger partial charge >= 0.3 is 0 Å². The Balaban J connectivity index is 1.30. The van der Waals surface area contributed by atoms with Gasteiger partial charge in [0.05, 0.1) is 18.5 Å². The first-order valence-corrected chi connectivity index (χ1v) is 9.42. The Labute approximate surface area is 163 Å². The van der Waals surface area contributed by atoms with Crippen LogP contribution in [0.15, 0.2) is 59.3 Å². The average molecular weight is 377 g/mol. The highest BCUT2D eigenvalue weighted by Gasteiger charge is 2.21. The molecule has 0 aliphatic carbocycles. The monoisotopic (exact) mass is 377 g/mol. The van der Waals surface area contributed by atoms with E-state index >= 15 is 0 Å². The first-order valence-electron chi connectivity index (χ1n) is 9.42. The van der Waals surface area contributed by atoms with Crippen LogP contribution in [-0.4, -0.2) is 39.9 Å². The quantitative estimate of drug-likeness (QED) is 0.710. The van der Waals surface area contributed by atoms with Crippen molar-refractivity contribution >= 4 is 11.9 Å². The number of likely N-dealkylation sites (tertiary alicyclic amines) is 1. The summed E-state index contributed by atoms with van der Waals surface area (Å²) in [6, 6.07) is 13.3. The molecule has 3 heterocycles. The Hall–Kier alpha value is -3.19. The number of hydrogen-bond donors (Lipinski definition) is 2. The summed E-state index contributed by atoms with van der Waals surface area (Å²) < 4.78 is 5.41. The highest BCUT2D eigenvalue weighted by atomic mass is 16.3. The number of benzene rings is 1. The van der Waals surface area contributed by atoms with E-state index in [0.717, 1.165) is 49.5 Å². The summed E-state index contributed by atoms with van der Waals surface area (Å²) in [5, 5.41) is 3.15. The lowest BCUT2D eigenvalue weighted by atomic mass is 10.0. The fraction of sp³-hybridized carbons (Fsp3) is 0.286. The molecular formula is C21H23N5O2. The topological polar surface area (TPSA) is 97.3 Å². The number of nitrogens with one attached hydrogen (secondary N) is 1. The number of carbonyl (C=O) groups excluding carboxylic acids is 1. The number of furan rings is 1. The van der Waals surface area contributed by atoms with Crippen molar-refractivity contribution in [3.05, 3.63) is 66.2 Å². The molecule has 1 aliphatic rings. The molecule has 1 saturated heterocycles. The molecule has 28 heavy (non-hydrogen) atoms. The van der Waals surface area contributed by atoms with Crippen molar-refractivity contribution in [3.8, 4) is 11.3 Å². The molecule has 1 fully saturated rings. The van der Waals surface area contributed by atoms with E-state index in [0.29, 0.717) is 5.56 Å². The van der Waals surface area contributed by atoms with Gasteiger partial charge in [-0.2, -0.15) is 0 Å². The van der Waals surface area contributed by atoms with Crippen LogP contribution in [0.5, 0.6) is 0 Å². The minimum Gasteiger partial charge on any atom is -0.468 e. The number of hydrogen-bond acceptors (Lipinski definition) is 6. The van der Waals surface area contributed by atoms with Gasteiger partial charge in [-0.3, -0.25) is 9.69 Å².